The number of nitrogen functional groups attached to an aromatic ring is 1. The lowest BCUT2D eigenvalue weighted by Crippen LogP contribution is -2.29. The lowest BCUT2D eigenvalue weighted by molar-refractivity contribution is 0.506. The normalized spacial score (nSPS) is 14.2. The Morgan fingerprint density at radius 1 is 1.10 bits per heavy atom. The summed E-state index contributed by atoms with van der Waals surface area (Å²) in [7, 11) is 0. The summed E-state index contributed by atoms with van der Waals surface area (Å²) in [5.74, 6) is -1.61. The second-order valence-corrected chi connectivity index (χ2v) is 5.12. The van der Waals surface area contributed by atoms with E-state index in [-0.39, 0.29) is 0 Å². The lowest BCUT2D eigenvalue weighted by Gasteiger charge is -2.32. The maximum absolute atomic E-state index is 13.3. The highest BCUT2D eigenvalue weighted by molar-refractivity contribution is 5.66. The molecule has 0 atom stereocenters. The predicted molar refractivity (Wildman–Crippen MR) is 76.6 cm³/mol. The molecule has 0 radical (unpaired) electrons. The molecule has 2 nitrogen and oxygen atoms in total. The van der Waals surface area contributed by atoms with Gasteiger partial charge >= 0.3 is 0 Å². The van der Waals surface area contributed by atoms with Gasteiger partial charge in [0, 0.05) is 24.5 Å². The number of hydrogen-bond acceptors (Lipinski definition) is 2. The van der Waals surface area contributed by atoms with Gasteiger partial charge in [-0.1, -0.05) is 12.1 Å². The van der Waals surface area contributed by atoms with Crippen LogP contribution in [-0.4, -0.2) is 6.54 Å². The summed E-state index contributed by atoms with van der Waals surface area (Å²) in [6.07, 6.45) is 1.99. The van der Waals surface area contributed by atoms with Gasteiger partial charge in [-0.25, -0.2) is 8.78 Å². The molecule has 0 saturated heterocycles. The van der Waals surface area contributed by atoms with Crippen LogP contribution < -0.4 is 10.6 Å². The van der Waals surface area contributed by atoms with Crippen molar-refractivity contribution in [3.8, 4) is 0 Å². The van der Waals surface area contributed by atoms with Gasteiger partial charge in [0.25, 0.3) is 0 Å². The number of benzene rings is 2. The fourth-order valence-electron chi connectivity index (χ4n) is 2.75. The molecule has 20 heavy (non-hydrogen) atoms. The first-order valence-electron chi connectivity index (χ1n) is 6.71. The van der Waals surface area contributed by atoms with Gasteiger partial charge in [-0.2, -0.15) is 0 Å². The Morgan fingerprint density at radius 3 is 2.75 bits per heavy atom. The SMILES string of the molecule is Nc1cccc2c1CCCN2Cc1ccc(F)c(F)c1. The monoisotopic (exact) mass is 274 g/mol. The number of rotatable bonds is 2. The van der Waals surface area contributed by atoms with Crippen molar-refractivity contribution in [3.63, 3.8) is 0 Å². The Morgan fingerprint density at radius 2 is 1.95 bits per heavy atom. The Hall–Kier alpha value is -2.10. The Balaban J connectivity index is 1.89. The molecule has 2 N–H and O–H groups in total. The topological polar surface area (TPSA) is 29.3 Å². The molecule has 1 aliphatic rings. The highest BCUT2D eigenvalue weighted by Gasteiger charge is 2.18. The smallest absolute Gasteiger partial charge is 0.159 e. The fourth-order valence-corrected chi connectivity index (χ4v) is 2.75. The predicted octanol–water partition coefficient (Wildman–Crippen LogP) is 3.50. The van der Waals surface area contributed by atoms with E-state index in [1.165, 1.54) is 12.1 Å². The molecule has 0 saturated carbocycles. The quantitative estimate of drug-likeness (QED) is 0.849. The highest BCUT2D eigenvalue weighted by Crippen LogP contribution is 2.32. The minimum absolute atomic E-state index is 0.563. The Bertz CT molecular complexity index is 640. The van der Waals surface area contributed by atoms with Gasteiger partial charge in [0.2, 0.25) is 0 Å². The molecule has 2 aromatic rings. The van der Waals surface area contributed by atoms with E-state index in [2.05, 4.69) is 4.90 Å². The maximum atomic E-state index is 13.3. The van der Waals surface area contributed by atoms with Crippen LogP contribution in [0.3, 0.4) is 0 Å². The van der Waals surface area contributed by atoms with E-state index >= 15 is 0 Å². The van der Waals surface area contributed by atoms with Crippen molar-refractivity contribution in [2.24, 2.45) is 0 Å². The summed E-state index contributed by atoms with van der Waals surface area (Å²) in [5, 5.41) is 0. The summed E-state index contributed by atoms with van der Waals surface area (Å²) in [4.78, 5) is 2.17. The van der Waals surface area contributed by atoms with Crippen LogP contribution in [-0.2, 0) is 13.0 Å². The fraction of sp³-hybridized carbons (Fsp3) is 0.250. The molecule has 0 amide bonds. The summed E-state index contributed by atoms with van der Waals surface area (Å²) in [6, 6.07) is 9.92. The number of nitrogens with zero attached hydrogens (tertiary/aromatic N) is 1. The van der Waals surface area contributed by atoms with Crippen LogP contribution in [0.2, 0.25) is 0 Å². The van der Waals surface area contributed by atoms with E-state index in [1.807, 2.05) is 18.2 Å². The second kappa shape index (κ2) is 5.12. The maximum Gasteiger partial charge on any atom is 0.159 e. The molecule has 0 aliphatic carbocycles. The van der Waals surface area contributed by atoms with Gasteiger partial charge in [-0.05, 0) is 48.2 Å². The van der Waals surface area contributed by atoms with Crippen LogP contribution in [0.4, 0.5) is 20.2 Å². The number of nitrogens with two attached hydrogens (primary N) is 1. The van der Waals surface area contributed by atoms with Crippen LogP contribution in [0.25, 0.3) is 0 Å². The summed E-state index contributed by atoms with van der Waals surface area (Å²) < 4.78 is 26.2. The standard InChI is InChI=1S/C16H16F2N2/c17-13-7-6-11(9-14(13)18)10-20-8-2-3-12-15(19)4-1-5-16(12)20/h1,4-7,9H,2-3,8,10,19H2. The minimum atomic E-state index is -0.808. The molecule has 2 aromatic carbocycles. The van der Waals surface area contributed by atoms with Gasteiger partial charge in [-0.15, -0.1) is 0 Å². The molecule has 4 heteroatoms. The zero-order chi connectivity index (χ0) is 14.1. The molecular formula is C16H16F2N2. The van der Waals surface area contributed by atoms with E-state index in [4.69, 9.17) is 5.73 Å². The van der Waals surface area contributed by atoms with Crippen molar-refractivity contribution in [2.75, 3.05) is 17.2 Å². The molecule has 1 heterocycles. The molecule has 0 bridgehead atoms. The van der Waals surface area contributed by atoms with Crippen molar-refractivity contribution in [1.82, 2.24) is 0 Å². The van der Waals surface area contributed by atoms with Crippen LogP contribution in [0.1, 0.15) is 17.5 Å². The zero-order valence-electron chi connectivity index (χ0n) is 11.1. The third-order valence-corrected chi connectivity index (χ3v) is 3.74. The molecular weight excluding hydrogens is 258 g/mol. The van der Waals surface area contributed by atoms with Crippen LogP contribution in [0.5, 0.6) is 0 Å². The first-order valence-corrected chi connectivity index (χ1v) is 6.71. The molecule has 0 spiro atoms. The van der Waals surface area contributed by atoms with Gasteiger partial charge in [0.1, 0.15) is 0 Å². The van der Waals surface area contributed by atoms with Gasteiger partial charge in [0.05, 0.1) is 0 Å². The van der Waals surface area contributed by atoms with Crippen molar-refractivity contribution in [2.45, 2.75) is 19.4 Å². The van der Waals surface area contributed by atoms with Crippen LogP contribution in [0.15, 0.2) is 36.4 Å². The second-order valence-electron chi connectivity index (χ2n) is 5.12. The molecule has 0 fully saturated rings. The average Bonchev–Trinajstić information content (AvgIpc) is 2.44. The number of fused-ring (bicyclic) bond motifs is 1. The highest BCUT2D eigenvalue weighted by atomic mass is 19.2. The lowest BCUT2D eigenvalue weighted by atomic mass is 9.99. The molecule has 104 valence electrons. The summed E-state index contributed by atoms with van der Waals surface area (Å²) in [5.41, 5.74) is 9.82. The van der Waals surface area contributed by atoms with E-state index in [9.17, 15) is 8.78 Å². The van der Waals surface area contributed by atoms with Crippen molar-refractivity contribution in [1.29, 1.82) is 0 Å². The van der Waals surface area contributed by atoms with Gasteiger partial charge in [-0.3, -0.25) is 0 Å². The third-order valence-electron chi connectivity index (χ3n) is 3.74. The van der Waals surface area contributed by atoms with E-state index in [0.29, 0.717) is 6.54 Å². The van der Waals surface area contributed by atoms with Crippen molar-refractivity contribution >= 4 is 11.4 Å². The number of anilines is 2. The van der Waals surface area contributed by atoms with Gasteiger partial charge < -0.3 is 10.6 Å². The average molecular weight is 274 g/mol. The van der Waals surface area contributed by atoms with E-state index in [0.717, 1.165) is 41.9 Å². The first kappa shape index (κ1) is 12.9. The van der Waals surface area contributed by atoms with E-state index in [1.54, 1.807) is 6.07 Å². The zero-order valence-corrected chi connectivity index (χ0v) is 11.1. The molecule has 0 unspecified atom stereocenters. The Kier molecular flexibility index (Phi) is 3.30. The van der Waals surface area contributed by atoms with Gasteiger partial charge in [0.15, 0.2) is 11.6 Å². The third kappa shape index (κ3) is 2.33. The van der Waals surface area contributed by atoms with Crippen LogP contribution >= 0.6 is 0 Å². The first-order chi connectivity index (χ1) is 9.65. The van der Waals surface area contributed by atoms with E-state index < -0.39 is 11.6 Å². The Labute approximate surface area is 116 Å². The summed E-state index contributed by atoms with van der Waals surface area (Å²) in [6.45, 7) is 1.46. The number of halogens is 2. The van der Waals surface area contributed by atoms with Crippen molar-refractivity contribution < 1.29 is 8.78 Å². The molecule has 0 aromatic heterocycles. The number of hydrogen-bond donors (Lipinski definition) is 1. The van der Waals surface area contributed by atoms with Crippen LogP contribution in [0, 0.1) is 11.6 Å². The molecule has 3 rings (SSSR count). The minimum Gasteiger partial charge on any atom is -0.398 e. The van der Waals surface area contributed by atoms with Crippen molar-refractivity contribution in [3.05, 3.63) is 59.2 Å². The summed E-state index contributed by atoms with van der Waals surface area (Å²) >= 11 is 0. The molecule has 1 aliphatic heterocycles. The largest absolute Gasteiger partial charge is 0.398 e.